The summed E-state index contributed by atoms with van der Waals surface area (Å²) in [5.41, 5.74) is 8.01. The van der Waals surface area contributed by atoms with Crippen molar-refractivity contribution in [1.29, 1.82) is 5.41 Å². The first-order valence-corrected chi connectivity index (χ1v) is 15.7. The quantitative estimate of drug-likeness (QED) is 0.0983. The van der Waals surface area contributed by atoms with Gasteiger partial charge in [0.25, 0.3) is 0 Å². The average Bonchev–Trinajstić information content (AvgIpc) is 3.06. The summed E-state index contributed by atoms with van der Waals surface area (Å²) in [5, 5.41) is 10.4. The fourth-order valence-corrected chi connectivity index (χ4v) is 5.45. The fraction of sp³-hybridized carbons (Fsp3) is 0.275. The van der Waals surface area contributed by atoms with Gasteiger partial charge in [0.1, 0.15) is 19.0 Å². The first kappa shape index (κ1) is 30.9. The Morgan fingerprint density at radius 1 is 0.568 bits per heavy atom. The van der Waals surface area contributed by atoms with Gasteiger partial charge in [0, 0.05) is 11.8 Å². The number of nitrogens with one attached hydrogen (secondary N) is 1. The number of unbranched alkanes of at least 4 members (excludes halogenated alkanes) is 2. The average molecular weight is 586 g/mol. The zero-order valence-corrected chi connectivity index (χ0v) is 26.2. The molecule has 0 unspecified atom stereocenters. The molecule has 5 rings (SSSR count). The van der Waals surface area contributed by atoms with Gasteiger partial charge in [-0.15, -0.1) is 0 Å². The molecule has 4 nitrogen and oxygen atoms in total. The molecule has 4 heteroatoms. The van der Waals surface area contributed by atoms with Gasteiger partial charge in [0.05, 0.1) is 7.11 Å². The van der Waals surface area contributed by atoms with Crippen LogP contribution in [0.5, 0.6) is 17.2 Å². The topological polar surface area (TPSA) is 51.5 Å². The summed E-state index contributed by atoms with van der Waals surface area (Å²) in [6.45, 7) is 5.28. The molecule has 0 radical (unpaired) electrons. The van der Waals surface area contributed by atoms with Gasteiger partial charge in [0.15, 0.2) is 11.5 Å². The van der Waals surface area contributed by atoms with Crippen molar-refractivity contribution in [2.75, 3.05) is 7.11 Å². The second kappa shape index (κ2) is 15.2. The second-order valence-corrected chi connectivity index (χ2v) is 11.5. The Hall–Kier alpha value is -4.57. The molecule has 0 saturated carbocycles. The number of hydrogen-bond acceptors (Lipinski definition) is 4. The van der Waals surface area contributed by atoms with E-state index >= 15 is 0 Å². The highest BCUT2D eigenvalue weighted by Gasteiger charge is 2.09. The van der Waals surface area contributed by atoms with E-state index in [9.17, 15) is 0 Å². The third kappa shape index (κ3) is 8.29. The molecule has 226 valence electrons. The van der Waals surface area contributed by atoms with Crippen LogP contribution in [0.25, 0.3) is 10.8 Å². The standard InChI is InChI=1S/C40H43NO3/c1-4-5-6-7-30-14-18-36-24-34(15-19-35(36)22-30)28-44-39-21-17-32(25-40(39)42-3)13-12-31-16-20-38(37(23-31)26-41)43-27-33-10-8-29(2)9-11-33/h8-11,14-26,41H,4-7,12-13,27-28H2,1-3H3. The summed E-state index contributed by atoms with van der Waals surface area (Å²) in [6.07, 6.45) is 7.99. The molecule has 0 spiro atoms. The maximum atomic E-state index is 7.91. The van der Waals surface area contributed by atoms with E-state index in [2.05, 4.69) is 92.7 Å². The van der Waals surface area contributed by atoms with Gasteiger partial charge in [-0.2, -0.15) is 0 Å². The van der Waals surface area contributed by atoms with Crippen LogP contribution in [0.2, 0.25) is 0 Å². The lowest BCUT2D eigenvalue weighted by Gasteiger charge is -2.14. The predicted molar refractivity (Wildman–Crippen MR) is 182 cm³/mol. The van der Waals surface area contributed by atoms with Gasteiger partial charge >= 0.3 is 0 Å². The van der Waals surface area contributed by atoms with Crippen LogP contribution in [-0.2, 0) is 32.5 Å². The molecule has 0 saturated heterocycles. The largest absolute Gasteiger partial charge is 0.493 e. The third-order valence-corrected chi connectivity index (χ3v) is 8.11. The molecule has 44 heavy (non-hydrogen) atoms. The van der Waals surface area contributed by atoms with E-state index in [1.165, 1.54) is 52.9 Å². The summed E-state index contributed by atoms with van der Waals surface area (Å²) in [7, 11) is 1.69. The van der Waals surface area contributed by atoms with E-state index < -0.39 is 0 Å². The van der Waals surface area contributed by atoms with Crippen molar-refractivity contribution >= 4 is 17.0 Å². The van der Waals surface area contributed by atoms with E-state index in [4.69, 9.17) is 19.6 Å². The lowest BCUT2D eigenvalue weighted by atomic mass is 10.0. The summed E-state index contributed by atoms with van der Waals surface area (Å²) < 4.78 is 17.9. The Balaban J connectivity index is 1.17. The van der Waals surface area contributed by atoms with Crippen LogP contribution in [-0.4, -0.2) is 13.3 Å². The molecule has 5 aromatic rings. The maximum Gasteiger partial charge on any atom is 0.161 e. The smallest absolute Gasteiger partial charge is 0.161 e. The molecule has 0 aliphatic heterocycles. The Morgan fingerprint density at radius 3 is 1.84 bits per heavy atom. The third-order valence-electron chi connectivity index (χ3n) is 8.11. The Labute approximate surface area is 262 Å². The summed E-state index contributed by atoms with van der Waals surface area (Å²) in [5.74, 6) is 2.20. The fourth-order valence-electron chi connectivity index (χ4n) is 5.45. The lowest BCUT2D eigenvalue weighted by molar-refractivity contribution is 0.284. The summed E-state index contributed by atoms with van der Waals surface area (Å²) in [6, 6.07) is 34.0. The summed E-state index contributed by atoms with van der Waals surface area (Å²) >= 11 is 0. The Kier molecular flexibility index (Phi) is 10.7. The van der Waals surface area contributed by atoms with Gasteiger partial charge in [-0.25, -0.2) is 0 Å². The predicted octanol–water partition coefficient (Wildman–Crippen LogP) is 9.83. The van der Waals surface area contributed by atoms with Gasteiger partial charge in [-0.3, -0.25) is 0 Å². The van der Waals surface area contributed by atoms with Crippen molar-refractivity contribution in [2.45, 2.75) is 65.6 Å². The lowest BCUT2D eigenvalue weighted by Crippen LogP contribution is -2.01. The van der Waals surface area contributed by atoms with Crippen molar-refractivity contribution in [3.63, 3.8) is 0 Å². The zero-order chi connectivity index (χ0) is 30.7. The van der Waals surface area contributed by atoms with E-state index in [-0.39, 0.29) is 0 Å². The zero-order valence-electron chi connectivity index (χ0n) is 26.2. The Morgan fingerprint density at radius 2 is 1.14 bits per heavy atom. The normalized spacial score (nSPS) is 11.0. The first-order chi connectivity index (χ1) is 21.5. The number of methoxy groups -OCH3 is 1. The molecule has 0 bridgehead atoms. The number of hydrogen-bond donors (Lipinski definition) is 1. The molecule has 1 N–H and O–H groups in total. The van der Waals surface area contributed by atoms with Crippen LogP contribution in [0.15, 0.2) is 97.1 Å². The minimum Gasteiger partial charge on any atom is -0.493 e. The van der Waals surface area contributed by atoms with Crippen LogP contribution in [0.3, 0.4) is 0 Å². The van der Waals surface area contributed by atoms with Crippen molar-refractivity contribution in [1.82, 2.24) is 0 Å². The monoisotopic (exact) mass is 585 g/mol. The van der Waals surface area contributed by atoms with Gasteiger partial charge in [-0.1, -0.05) is 92.1 Å². The molecular formula is C40H43NO3. The van der Waals surface area contributed by atoms with Gasteiger partial charge < -0.3 is 19.6 Å². The SMILES string of the molecule is CCCCCc1ccc2cc(COc3ccc(CCc4ccc(OCc5ccc(C)cc5)c(C=N)c4)cc3OC)ccc2c1. The Bertz CT molecular complexity index is 1690. The van der Waals surface area contributed by atoms with Crippen LogP contribution >= 0.6 is 0 Å². The second-order valence-electron chi connectivity index (χ2n) is 11.5. The van der Waals surface area contributed by atoms with Crippen LogP contribution < -0.4 is 14.2 Å². The molecule has 0 aliphatic carbocycles. The molecule has 0 aliphatic rings. The number of fused-ring (bicyclic) bond motifs is 1. The minimum absolute atomic E-state index is 0.481. The highest BCUT2D eigenvalue weighted by Crippen LogP contribution is 2.30. The number of ether oxygens (including phenoxy) is 3. The van der Waals surface area contributed by atoms with Crippen LogP contribution in [0.4, 0.5) is 0 Å². The summed E-state index contributed by atoms with van der Waals surface area (Å²) in [4.78, 5) is 0. The molecule has 5 aromatic carbocycles. The molecule has 0 amide bonds. The van der Waals surface area contributed by atoms with E-state index in [0.29, 0.717) is 13.2 Å². The van der Waals surface area contributed by atoms with E-state index in [1.54, 1.807) is 7.11 Å². The number of benzene rings is 5. The van der Waals surface area contributed by atoms with Crippen molar-refractivity contribution in [3.8, 4) is 17.2 Å². The van der Waals surface area contributed by atoms with Gasteiger partial charge in [0.2, 0.25) is 0 Å². The number of aryl methyl sites for hydroxylation is 4. The molecule has 0 heterocycles. The maximum absolute atomic E-state index is 7.91. The van der Waals surface area contributed by atoms with Crippen molar-refractivity contribution in [3.05, 3.63) is 136 Å². The van der Waals surface area contributed by atoms with Crippen molar-refractivity contribution in [2.24, 2.45) is 0 Å². The van der Waals surface area contributed by atoms with E-state index in [1.807, 2.05) is 18.2 Å². The molecule has 0 atom stereocenters. The minimum atomic E-state index is 0.481. The molecule has 0 aromatic heterocycles. The van der Waals surface area contributed by atoms with E-state index in [0.717, 1.165) is 58.8 Å². The molecule has 0 fully saturated rings. The van der Waals surface area contributed by atoms with Crippen LogP contribution in [0.1, 0.15) is 65.1 Å². The molecular weight excluding hydrogens is 542 g/mol. The van der Waals surface area contributed by atoms with Gasteiger partial charge in [-0.05, 0) is 102 Å². The number of rotatable bonds is 15. The highest BCUT2D eigenvalue weighted by molar-refractivity contribution is 5.84. The highest BCUT2D eigenvalue weighted by atomic mass is 16.5. The van der Waals surface area contributed by atoms with Crippen LogP contribution in [0, 0.1) is 12.3 Å². The first-order valence-electron chi connectivity index (χ1n) is 15.7. The van der Waals surface area contributed by atoms with Crippen molar-refractivity contribution < 1.29 is 14.2 Å².